The van der Waals surface area contributed by atoms with Crippen molar-refractivity contribution in [3.05, 3.63) is 82.1 Å². The highest BCUT2D eigenvalue weighted by molar-refractivity contribution is 5.90. The molecule has 28 heavy (non-hydrogen) atoms. The van der Waals surface area contributed by atoms with E-state index in [0.29, 0.717) is 18.2 Å². The first-order valence-electron chi connectivity index (χ1n) is 8.82. The second-order valence-electron chi connectivity index (χ2n) is 6.42. The number of carbonyl (C=O) groups is 1. The van der Waals surface area contributed by atoms with Gasteiger partial charge in [0.25, 0.3) is 5.56 Å². The van der Waals surface area contributed by atoms with Crippen LogP contribution in [0.3, 0.4) is 0 Å². The van der Waals surface area contributed by atoms with Crippen molar-refractivity contribution in [2.24, 2.45) is 0 Å². The molecule has 0 fully saturated rings. The van der Waals surface area contributed by atoms with E-state index in [4.69, 9.17) is 0 Å². The van der Waals surface area contributed by atoms with Crippen molar-refractivity contribution in [2.45, 2.75) is 26.3 Å². The number of aryl methyl sites for hydroxylation is 2. The monoisotopic (exact) mass is 383 g/mol. The van der Waals surface area contributed by atoms with Crippen LogP contribution in [0, 0.1) is 18.6 Å². The number of nitrogens with one attached hydrogen (secondary N) is 1. The zero-order valence-electron chi connectivity index (χ0n) is 15.3. The molecule has 3 rings (SSSR count). The molecular weight excluding hydrogens is 364 g/mol. The lowest BCUT2D eigenvalue weighted by atomic mass is 10.1. The Morgan fingerprint density at radius 1 is 1.07 bits per heavy atom. The summed E-state index contributed by atoms with van der Waals surface area (Å²) in [5.41, 5.74) is 2.34. The zero-order chi connectivity index (χ0) is 20.1. The first-order chi connectivity index (χ1) is 13.4. The Bertz CT molecular complexity index is 1050. The number of benzene rings is 2. The number of anilines is 1. The highest BCUT2D eigenvalue weighted by atomic mass is 19.1. The van der Waals surface area contributed by atoms with Gasteiger partial charge < -0.3 is 5.32 Å². The molecule has 0 saturated carbocycles. The molecule has 0 unspecified atom stereocenters. The molecule has 3 aromatic rings. The molecule has 0 aliphatic rings. The van der Waals surface area contributed by atoms with Crippen LogP contribution in [0.25, 0.3) is 11.3 Å². The van der Waals surface area contributed by atoms with Crippen LogP contribution in [0.4, 0.5) is 14.5 Å². The predicted molar refractivity (Wildman–Crippen MR) is 103 cm³/mol. The zero-order valence-corrected chi connectivity index (χ0v) is 15.3. The van der Waals surface area contributed by atoms with Crippen LogP contribution in [0.15, 0.2) is 59.4 Å². The lowest BCUT2D eigenvalue weighted by molar-refractivity contribution is -0.116. The summed E-state index contributed by atoms with van der Waals surface area (Å²) in [6.07, 6.45) is 0.415. The fourth-order valence-electron chi connectivity index (χ4n) is 2.68. The van der Waals surface area contributed by atoms with E-state index in [1.807, 2.05) is 31.2 Å². The van der Waals surface area contributed by atoms with Gasteiger partial charge in [-0.1, -0.05) is 29.8 Å². The molecule has 0 atom stereocenters. The molecular formula is C21H19F2N3O2. The van der Waals surface area contributed by atoms with Crippen LogP contribution in [0.1, 0.15) is 18.4 Å². The largest absolute Gasteiger partial charge is 0.324 e. The number of amides is 1. The van der Waals surface area contributed by atoms with Gasteiger partial charge in [0.1, 0.15) is 11.6 Å². The molecule has 1 aromatic heterocycles. The number of nitrogens with zero attached hydrogens (tertiary/aromatic N) is 2. The quantitative estimate of drug-likeness (QED) is 0.702. The van der Waals surface area contributed by atoms with Crippen molar-refractivity contribution in [2.75, 3.05) is 5.32 Å². The molecule has 0 aliphatic heterocycles. The minimum atomic E-state index is -0.836. The summed E-state index contributed by atoms with van der Waals surface area (Å²) < 4.78 is 27.8. The van der Waals surface area contributed by atoms with Gasteiger partial charge in [0.05, 0.1) is 11.4 Å². The van der Waals surface area contributed by atoms with Gasteiger partial charge in [-0.25, -0.2) is 13.5 Å². The van der Waals surface area contributed by atoms with Crippen molar-refractivity contribution < 1.29 is 13.6 Å². The molecule has 1 heterocycles. The fourth-order valence-corrected chi connectivity index (χ4v) is 2.68. The lowest BCUT2D eigenvalue weighted by Crippen LogP contribution is -2.23. The molecule has 0 saturated heterocycles. The molecule has 144 valence electrons. The molecule has 2 aromatic carbocycles. The van der Waals surface area contributed by atoms with E-state index in [1.165, 1.54) is 16.8 Å². The molecule has 0 radical (unpaired) electrons. The van der Waals surface area contributed by atoms with E-state index in [2.05, 4.69) is 10.4 Å². The molecule has 7 heteroatoms. The average molecular weight is 383 g/mol. The Balaban J connectivity index is 1.61. The maximum atomic E-state index is 13.6. The van der Waals surface area contributed by atoms with Crippen LogP contribution < -0.4 is 10.9 Å². The van der Waals surface area contributed by atoms with Crippen molar-refractivity contribution >= 4 is 11.6 Å². The predicted octanol–water partition coefficient (Wildman–Crippen LogP) is 3.92. The lowest BCUT2D eigenvalue weighted by Gasteiger charge is -2.09. The molecule has 0 aliphatic carbocycles. The van der Waals surface area contributed by atoms with E-state index in [1.54, 1.807) is 6.07 Å². The second kappa shape index (κ2) is 8.56. The highest BCUT2D eigenvalue weighted by Gasteiger charge is 2.09. The summed E-state index contributed by atoms with van der Waals surface area (Å²) in [5, 5.41) is 6.74. The summed E-state index contributed by atoms with van der Waals surface area (Å²) in [6, 6.07) is 13.8. The third-order valence-electron chi connectivity index (χ3n) is 4.19. The molecule has 1 N–H and O–H groups in total. The smallest absolute Gasteiger partial charge is 0.266 e. The van der Waals surface area contributed by atoms with Crippen molar-refractivity contribution in [1.29, 1.82) is 0 Å². The average Bonchev–Trinajstić information content (AvgIpc) is 2.66. The molecule has 5 nitrogen and oxygen atoms in total. The fraction of sp³-hybridized carbons (Fsp3) is 0.190. The number of aromatic nitrogens is 2. The Morgan fingerprint density at radius 2 is 1.82 bits per heavy atom. The Hall–Kier alpha value is -3.35. The van der Waals surface area contributed by atoms with Gasteiger partial charge in [-0.2, -0.15) is 5.10 Å². The first kappa shape index (κ1) is 19.4. The Morgan fingerprint density at radius 3 is 2.54 bits per heavy atom. The standard InChI is InChI=1S/C21H19F2N3O2/c1-14-4-6-15(7-5-14)18-10-11-21(28)26(25-18)12-2-3-20(27)24-19-9-8-16(22)13-17(19)23/h4-11,13H,2-3,12H2,1H3,(H,24,27). The Kier molecular flexibility index (Phi) is 5.93. The summed E-state index contributed by atoms with van der Waals surface area (Å²) >= 11 is 0. The van der Waals surface area contributed by atoms with Crippen LogP contribution in [0.5, 0.6) is 0 Å². The number of hydrogen-bond acceptors (Lipinski definition) is 3. The van der Waals surface area contributed by atoms with E-state index in [9.17, 15) is 18.4 Å². The van der Waals surface area contributed by atoms with Gasteiger partial charge >= 0.3 is 0 Å². The van der Waals surface area contributed by atoms with Crippen LogP contribution in [0.2, 0.25) is 0 Å². The van der Waals surface area contributed by atoms with Crippen LogP contribution in [-0.2, 0) is 11.3 Å². The van der Waals surface area contributed by atoms with Crippen molar-refractivity contribution in [3.63, 3.8) is 0 Å². The van der Waals surface area contributed by atoms with E-state index in [0.717, 1.165) is 17.2 Å². The number of carbonyl (C=O) groups excluding carboxylic acids is 1. The molecule has 0 spiro atoms. The second-order valence-corrected chi connectivity index (χ2v) is 6.42. The highest BCUT2D eigenvalue weighted by Crippen LogP contribution is 2.17. The van der Waals surface area contributed by atoms with E-state index < -0.39 is 17.5 Å². The third-order valence-corrected chi connectivity index (χ3v) is 4.19. The molecule has 0 bridgehead atoms. The summed E-state index contributed by atoms with van der Waals surface area (Å²) in [6.45, 7) is 2.23. The summed E-state index contributed by atoms with van der Waals surface area (Å²) in [5.74, 6) is -1.97. The maximum Gasteiger partial charge on any atom is 0.266 e. The summed E-state index contributed by atoms with van der Waals surface area (Å²) in [4.78, 5) is 24.0. The van der Waals surface area contributed by atoms with Gasteiger partial charge in [0.15, 0.2) is 0 Å². The number of rotatable bonds is 6. The van der Waals surface area contributed by atoms with E-state index in [-0.39, 0.29) is 24.2 Å². The maximum absolute atomic E-state index is 13.6. The van der Waals surface area contributed by atoms with Crippen LogP contribution in [-0.4, -0.2) is 15.7 Å². The van der Waals surface area contributed by atoms with Gasteiger partial charge in [-0.05, 0) is 31.5 Å². The first-order valence-corrected chi connectivity index (χ1v) is 8.82. The van der Waals surface area contributed by atoms with Gasteiger partial charge in [0.2, 0.25) is 5.91 Å². The van der Waals surface area contributed by atoms with Crippen molar-refractivity contribution in [1.82, 2.24) is 9.78 Å². The minimum Gasteiger partial charge on any atom is -0.324 e. The normalized spacial score (nSPS) is 10.7. The summed E-state index contributed by atoms with van der Waals surface area (Å²) in [7, 11) is 0. The van der Waals surface area contributed by atoms with Gasteiger partial charge in [-0.3, -0.25) is 9.59 Å². The topological polar surface area (TPSA) is 64.0 Å². The van der Waals surface area contributed by atoms with Crippen molar-refractivity contribution in [3.8, 4) is 11.3 Å². The Labute approximate surface area is 160 Å². The number of hydrogen-bond donors (Lipinski definition) is 1. The number of halogens is 2. The van der Waals surface area contributed by atoms with Gasteiger partial charge in [-0.15, -0.1) is 0 Å². The van der Waals surface area contributed by atoms with Gasteiger partial charge in [0, 0.05) is 30.7 Å². The third kappa shape index (κ3) is 4.88. The molecule has 1 amide bonds. The van der Waals surface area contributed by atoms with Crippen LogP contribution >= 0.6 is 0 Å². The SMILES string of the molecule is Cc1ccc(-c2ccc(=O)n(CCCC(=O)Nc3ccc(F)cc3F)n2)cc1. The van der Waals surface area contributed by atoms with E-state index >= 15 is 0 Å². The minimum absolute atomic E-state index is 0.0691.